The summed E-state index contributed by atoms with van der Waals surface area (Å²) in [6, 6.07) is 0. The van der Waals surface area contributed by atoms with E-state index in [1.165, 1.54) is 23.3 Å². The molecule has 0 aliphatic rings. The topological polar surface area (TPSA) is 60.9 Å². The highest BCUT2D eigenvalue weighted by molar-refractivity contribution is 5.92. The molecule has 1 aromatic heterocycles. The first-order valence-electron chi connectivity index (χ1n) is 2.70. The van der Waals surface area contributed by atoms with Gasteiger partial charge in [-0.05, 0) is 0 Å². The highest BCUT2D eigenvalue weighted by atomic mass is 16.1. The predicted octanol–water partition coefficient (Wildman–Crippen LogP) is 0.0825. The molecule has 0 saturated heterocycles. The second kappa shape index (κ2) is 2.34. The molecule has 1 rings (SSSR count). The first kappa shape index (κ1) is 6.54. The van der Waals surface area contributed by atoms with Crippen LogP contribution >= 0.6 is 0 Å². The van der Waals surface area contributed by atoms with Crippen molar-refractivity contribution in [3.8, 4) is 0 Å². The summed E-state index contributed by atoms with van der Waals surface area (Å²) in [6.07, 6.45) is 4.38. The minimum absolute atomic E-state index is 0.389. The molecule has 0 aliphatic carbocycles. The summed E-state index contributed by atoms with van der Waals surface area (Å²) in [4.78, 5) is 10.5. The molecular formula is C6H7N3O. The van der Waals surface area contributed by atoms with Crippen LogP contribution in [0.2, 0.25) is 0 Å². The Bertz CT molecular complexity index is 264. The van der Waals surface area contributed by atoms with E-state index in [1.54, 1.807) is 0 Å². The second-order valence-corrected chi connectivity index (χ2v) is 1.76. The fraction of sp³-hybridized carbons (Fsp3) is 0. The monoisotopic (exact) mass is 137 g/mol. The lowest BCUT2D eigenvalue weighted by Crippen LogP contribution is -2.09. The minimum atomic E-state index is -0.479. The maximum Gasteiger partial charge on any atom is 0.251 e. The number of rotatable bonds is 2. The van der Waals surface area contributed by atoms with Crippen molar-refractivity contribution in [2.24, 2.45) is 5.73 Å². The Morgan fingerprint density at radius 1 is 1.90 bits per heavy atom. The number of carbonyl (C=O) groups is 1. The molecular weight excluding hydrogens is 130 g/mol. The van der Waals surface area contributed by atoms with Crippen molar-refractivity contribution in [2.75, 3.05) is 0 Å². The molecule has 0 spiro atoms. The number of nitrogens with two attached hydrogens (primary N) is 1. The van der Waals surface area contributed by atoms with Crippen LogP contribution in [-0.2, 0) is 0 Å². The first-order valence-corrected chi connectivity index (χ1v) is 2.70. The molecule has 52 valence electrons. The van der Waals surface area contributed by atoms with Gasteiger partial charge in [0.1, 0.15) is 0 Å². The Labute approximate surface area is 57.9 Å². The summed E-state index contributed by atoms with van der Waals surface area (Å²) in [5.74, 6) is -0.479. The molecule has 1 amide bonds. The lowest BCUT2D eigenvalue weighted by atomic mass is 10.4. The predicted molar refractivity (Wildman–Crippen MR) is 37.1 cm³/mol. The standard InChI is InChI=1S/C6H7N3O/c1-2-9-4-5(3-8-9)6(7)10/h2-4H,1H2,(H2,7,10). The fourth-order valence-electron chi connectivity index (χ4n) is 0.565. The molecule has 0 radical (unpaired) electrons. The summed E-state index contributed by atoms with van der Waals surface area (Å²) in [5.41, 5.74) is 5.34. The zero-order valence-corrected chi connectivity index (χ0v) is 5.32. The van der Waals surface area contributed by atoms with Gasteiger partial charge in [0.15, 0.2) is 0 Å². The number of carbonyl (C=O) groups excluding carboxylic acids is 1. The third-order valence-electron chi connectivity index (χ3n) is 1.07. The van der Waals surface area contributed by atoms with E-state index in [0.29, 0.717) is 5.56 Å². The third kappa shape index (κ3) is 1.05. The highest BCUT2D eigenvalue weighted by Gasteiger charge is 2.00. The van der Waals surface area contributed by atoms with Crippen molar-refractivity contribution in [3.05, 3.63) is 24.5 Å². The van der Waals surface area contributed by atoms with Crippen LogP contribution in [0.5, 0.6) is 0 Å². The van der Waals surface area contributed by atoms with Crippen LogP contribution in [0.1, 0.15) is 10.4 Å². The molecule has 1 aromatic rings. The Hall–Kier alpha value is -1.58. The van der Waals surface area contributed by atoms with Crippen molar-refractivity contribution >= 4 is 12.1 Å². The number of nitrogens with zero attached hydrogens (tertiary/aromatic N) is 2. The third-order valence-corrected chi connectivity index (χ3v) is 1.07. The minimum Gasteiger partial charge on any atom is -0.366 e. The van der Waals surface area contributed by atoms with Crippen LogP contribution in [0, 0.1) is 0 Å². The lowest BCUT2D eigenvalue weighted by molar-refractivity contribution is 0.100. The van der Waals surface area contributed by atoms with E-state index in [-0.39, 0.29) is 0 Å². The number of amides is 1. The highest BCUT2D eigenvalue weighted by Crippen LogP contribution is 1.94. The van der Waals surface area contributed by atoms with Crippen molar-refractivity contribution in [1.29, 1.82) is 0 Å². The van der Waals surface area contributed by atoms with Crippen molar-refractivity contribution in [3.63, 3.8) is 0 Å². The Balaban J connectivity index is 2.98. The second-order valence-electron chi connectivity index (χ2n) is 1.76. The van der Waals surface area contributed by atoms with E-state index in [9.17, 15) is 4.79 Å². The van der Waals surface area contributed by atoms with E-state index >= 15 is 0 Å². The quantitative estimate of drug-likeness (QED) is 0.627. The van der Waals surface area contributed by atoms with Gasteiger partial charge in [0.25, 0.3) is 5.91 Å². The van der Waals surface area contributed by atoms with Crippen LogP contribution in [-0.4, -0.2) is 15.7 Å². The van der Waals surface area contributed by atoms with Gasteiger partial charge in [-0.2, -0.15) is 5.10 Å². The Kier molecular flexibility index (Phi) is 1.53. The van der Waals surface area contributed by atoms with Crippen LogP contribution in [0.25, 0.3) is 6.20 Å². The van der Waals surface area contributed by atoms with Crippen molar-refractivity contribution in [1.82, 2.24) is 9.78 Å². The number of hydrogen-bond acceptors (Lipinski definition) is 2. The maximum atomic E-state index is 10.5. The van der Waals surface area contributed by atoms with Crippen LogP contribution in [0.4, 0.5) is 0 Å². The van der Waals surface area contributed by atoms with Crippen molar-refractivity contribution < 1.29 is 4.79 Å². The molecule has 0 aromatic carbocycles. The van der Waals surface area contributed by atoms with Gasteiger partial charge in [0.2, 0.25) is 0 Å². The molecule has 0 aliphatic heterocycles. The Morgan fingerprint density at radius 2 is 2.60 bits per heavy atom. The van der Waals surface area contributed by atoms with Gasteiger partial charge < -0.3 is 5.73 Å². The molecule has 0 saturated carbocycles. The molecule has 0 atom stereocenters. The van der Waals surface area contributed by atoms with Crippen LogP contribution < -0.4 is 5.73 Å². The van der Waals surface area contributed by atoms with Crippen LogP contribution in [0.3, 0.4) is 0 Å². The van der Waals surface area contributed by atoms with Gasteiger partial charge in [0, 0.05) is 12.4 Å². The first-order chi connectivity index (χ1) is 4.74. The SMILES string of the molecule is C=Cn1cc(C(N)=O)cn1. The summed E-state index contributed by atoms with van der Waals surface area (Å²) >= 11 is 0. The van der Waals surface area contributed by atoms with Gasteiger partial charge in [-0.3, -0.25) is 4.79 Å². The molecule has 0 bridgehead atoms. The maximum absolute atomic E-state index is 10.5. The lowest BCUT2D eigenvalue weighted by Gasteiger charge is -1.84. The van der Waals surface area contributed by atoms with Gasteiger partial charge in [-0.1, -0.05) is 6.58 Å². The summed E-state index contributed by atoms with van der Waals surface area (Å²) in [6.45, 7) is 3.45. The largest absolute Gasteiger partial charge is 0.366 e. The number of hydrogen-bond donors (Lipinski definition) is 1. The zero-order valence-electron chi connectivity index (χ0n) is 5.32. The number of primary amides is 1. The van der Waals surface area contributed by atoms with E-state index in [4.69, 9.17) is 5.73 Å². The molecule has 0 unspecified atom stereocenters. The molecule has 1 heterocycles. The smallest absolute Gasteiger partial charge is 0.251 e. The summed E-state index contributed by atoms with van der Waals surface area (Å²) in [5, 5.41) is 3.75. The molecule has 4 heteroatoms. The van der Waals surface area contributed by atoms with Gasteiger partial charge in [0.05, 0.1) is 11.8 Å². The average Bonchev–Trinajstić information content (AvgIpc) is 2.34. The molecule has 2 N–H and O–H groups in total. The van der Waals surface area contributed by atoms with Gasteiger partial charge in [-0.25, -0.2) is 4.68 Å². The van der Waals surface area contributed by atoms with E-state index in [1.807, 2.05) is 0 Å². The van der Waals surface area contributed by atoms with E-state index in [2.05, 4.69) is 11.7 Å². The van der Waals surface area contributed by atoms with Gasteiger partial charge >= 0.3 is 0 Å². The molecule has 10 heavy (non-hydrogen) atoms. The zero-order chi connectivity index (χ0) is 7.56. The molecule has 0 fully saturated rings. The van der Waals surface area contributed by atoms with E-state index in [0.717, 1.165) is 0 Å². The van der Waals surface area contributed by atoms with Crippen LogP contribution in [0.15, 0.2) is 19.0 Å². The Morgan fingerprint density at radius 3 is 2.90 bits per heavy atom. The van der Waals surface area contributed by atoms with E-state index < -0.39 is 5.91 Å². The fourth-order valence-corrected chi connectivity index (χ4v) is 0.565. The summed E-state index contributed by atoms with van der Waals surface area (Å²) in [7, 11) is 0. The summed E-state index contributed by atoms with van der Waals surface area (Å²) < 4.78 is 1.42. The normalized spacial score (nSPS) is 9.20. The average molecular weight is 137 g/mol. The molecule has 4 nitrogen and oxygen atoms in total. The van der Waals surface area contributed by atoms with Crippen molar-refractivity contribution in [2.45, 2.75) is 0 Å². The van der Waals surface area contributed by atoms with Gasteiger partial charge in [-0.15, -0.1) is 0 Å². The number of aromatic nitrogens is 2.